The second-order valence-corrected chi connectivity index (χ2v) is 8.61. The molecule has 0 saturated carbocycles. The Bertz CT molecular complexity index is 1100. The summed E-state index contributed by atoms with van der Waals surface area (Å²) in [4.78, 5) is 6.93. The van der Waals surface area contributed by atoms with Crippen molar-refractivity contribution in [3.8, 4) is 11.8 Å². The first-order chi connectivity index (χ1) is 16.3. The van der Waals surface area contributed by atoms with Crippen LogP contribution in [0.2, 0.25) is 0 Å². The van der Waals surface area contributed by atoms with Crippen molar-refractivity contribution in [2.75, 3.05) is 49.1 Å². The zero-order valence-electron chi connectivity index (χ0n) is 17.5. The smallest absolute Gasteiger partial charge is 0.422 e. The van der Waals surface area contributed by atoms with Gasteiger partial charge in [0, 0.05) is 18.8 Å². The van der Waals surface area contributed by atoms with E-state index in [1.165, 1.54) is 6.07 Å². The number of nitrogens with zero attached hydrogens (tertiary/aromatic N) is 3. The Balaban J connectivity index is 1.94. The molecule has 2 aromatic rings. The third-order valence-electron chi connectivity index (χ3n) is 4.33. The first-order valence-electron chi connectivity index (χ1n) is 9.64. The van der Waals surface area contributed by atoms with Gasteiger partial charge in [-0.2, -0.15) is 26.3 Å². The van der Waals surface area contributed by atoms with E-state index in [0.29, 0.717) is 38.3 Å². The Morgan fingerprint density at radius 2 is 1.51 bits per heavy atom. The van der Waals surface area contributed by atoms with E-state index in [-0.39, 0.29) is 0 Å². The molecule has 1 aromatic carbocycles. The molecule has 1 aliphatic heterocycles. The third-order valence-corrected chi connectivity index (χ3v) is 5.70. The zero-order valence-corrected chi connectivity index (χ0v) is 18.3. The van der Waals surface area contributed by atoms with Crippen molar-refractivity contribution >= 4 is 21.4 Å². The van der Waals surface area contributed by atoms with Crippen LogP contribution in [0.5, 0.6) is 11.8 Å². The molecule has 0 bridgehead atoms. The van der Waals surface area contributed by atoms with Crippen LogP contribution < -0.4 is 19.1 Å². The molecule has 3 rings (SSSR count). The summed E-state index contributed by atoms with van der Waals surface area (Å²) in [7, 11) is -5.10. The average molecular weight is 534 g/mol. The first-order valence-corrected chi connectivity index (χ1v) is 11.1. The number of rotatable bonds is 8. The van der Waals surface area contributed by atoms with Gasteiger partial charge in [0.15, 0.2) is 13.2 Å². The standard InChI is InChI=1S/C18H17F7N4O5S/c19-12-7-11(29-3-5-32-6-4-29)1-2-13(12)28-35(30,31)14-15(33-8-17(20,21)22)26-10-27-16(14)34-9-18(23,24)25/h1-2,7,10,28H,3-6,8-9H2. The number of halogens is 7. The number of anilines is 2. The summed E-state index contributed by atoms with van der Waals surface area (Å²) >= 11 is 0. The van der Waals surface area contributed by atoms with Crippen molar-refractivity contribution < 1.29 is 53.4 Å². The van der Waals surface area contributed by atoms with Gasteiger partial charge in [-0.15, -0.1) is 0 Å². The van der Waals surface area contributed by atoms with Crippen LogP contribution in [0.3, 0.4) is 0 Å². The lowest BCUT2D eigenvalue weighted by atomic mass is 10.2. The summed E-state index contributed by atoms with van der Waals surface area (Å²) in [5, 5.41) is 0. The van der Waals surface area contributed by atoms with E-state index in [1.807, 2.05) is 0 Å². The molecule has 9 nitrogen and oxygen atoms in total. The van der Waals surface area contributed by atoms with Crippen molar-refractivity contribution in [1.82, 2.24) is 9.97 Å². The van der Waals surface area contributed by atoms with E-state index in [1.54, 1.807) is 9.62 Å². The lowest BCUT2D eigenvalue weighted by molar-refractivity contribution is -0.155. The van der Waals surface area contributed by atoms with Crippen LogP contribution in [0.15, 0.2) is 29.4 Å². The van der Waals surface area contributed by atoms with E-state index in [4.69, 9.17) is 4.74 Å². The Hall–Kier alpha value is -3.08. The molecule has 1 aliphatic rings. The molecule has 0 aliphatic carbocycles. The Labute approximate surface area is 193 Å². The fourth-order valence-electron chi connectivity index (χ4n) is 2.88. The van der Waals surface area contributed by atoms with Gasteiger partial charge in [0.05, 0.1) is 18.9 Å². The van der Waals surface area contributed by atoms with Gasteiger partial charge < -0.3 is 19.1 Å². The number of aromatic nitrogens is 2. The molecule has 1 fully saturated rings. The van der Waals surface area contributed by atoms with Crippen molar-refractivity contribution in [2.45, 2.75) is 17.2 Å². The van der Waals surface area contributed by atoms with Gasteiger partial charge in [0.2, 0.25) is 16.7 Å². The highest BCUT2D eigenvalue weighted by Gasteiger charge is 2.35. The minimum absolute atomic E-state index is 0.394. The van der Waals surface area contributed by atoms with E-state index in [9.17, 15) is 39.2 Å². The summed E-state index contributed by atoms with van der Waals surface area (Å²) in [6, 6.07) is 3.41. The molecule has 0 atom stereocenters. The van der Waals surface area contributed by atoms with Crippen LogP contribution in [0.25, 0.3) is 0 Å². The average Bonchev–Trinajstić information content (AvgIpc) is 2.77. The largest absolute Gasteiger partial charge is 0.467 e. The van der Waals surface area contributed by atoms with Gasteiger partial charge in [-0.1, -0.05) is 0 Å². The van der Waals surface area contributed by atoms with Crippen LogP contribution in [-0.4, -0.2) is 70.3 Å². The summed E-state index contributed by atoms with van der Waals surface area (Å²) in [5.74, 6) is -3.55. The van der Waals surface area contributed by atoms with E-state index >= 15 is 0 Å². The van der Waals surface area contributed by atoms with Gasteiger partial charge in [-0.25, -0.2) is 22.8 Å². The number of sulfonamides is 1. The molecule has 1 aromatic heterocycles. The van der Waals surface area contributed by atoms with Gasteiger partial charge in [0.25, 0.3) is 10.0 Å². The summed E-state index contributed by atoms with van der Waals surface area (Å²) in [5.41, 5.74) is -0.241. The number of hydrogen-bond acceptors (Lipinski definition) is 8. The number of hydrogen-bond donors (Lipinski definition) is 1. The SMILES string of the molecule is O=S(=O)(Nc1ccc(N2CCOCC2)cc1F)c1c(OCC(F)(F)F)ncnc1OCC(F)(F)F. The van der Waals surface area contributed by atoms with Crippen LogP contribution in [0.1, 0.15) is 0 Å². The fraction of sp³-hybridized carbons (Fsp3) is 0.444. The van der Waals surface area contributed by atoms with Crippen LogP contribution in [0, 0.1) is 5.82 Å². The maximum Gasteiger partial charge on any atom is 0.422 e. The molecule has 2 heterocycles. The molecule has 0 amide bonds. The Morgan fingerprint density at radius 1 is 0.971 bits per heavy atom. The summed E-state index contributed by atoms with van der Waals surface area (Å²) in [6.45, 7) is -2.35. The topological polar surface area (TPSA) is 103 Å². The summed E-state index contributed by atoms with van der Waals surface area (Å²) in [6.07, 6.45) is -9.42. The lowest BCUT2D eigenvalue weighted by Gasteiger charge is -2.29. The predicted molar refractivity (Wildman–Crippen MR) is 105 cm³/mol. The number of alkyl halides is 6. The first kappa shape index (κ1) is 26.5. The minimum Gasteiger partial charge on any atom is -0.467 e. The van der Waals surface area contributed by atoms with Crippen molar-refractivity contribution in [3.05, 3.63) is 30.3 Å². The second-order valence-electron chi connectivity index (χ2n) is 6.99. The van der Waals surface area contributed by atoms with Gasteiger partial charge in [0.1, 0.15) is 12.1 Å². The van der Waals surface area contributed by atoms with E-state index in [2.05, 4.69) is 19.4 Å². The zero-order chi connectivity index (χ0) is 25.9. The number of ether oxygens (including phenoxy) is 3. The highest BCUT2D eigenvalue weighted by Crippen LogP contribution is 2.34. The van der Waals surface area contributed by atoms with Crippen LogP contribution in [0.4, 0.5) is 42.1 Å². The van der Waals surface area contributed by atoms with Crippen molar-refractivity contribution in [3.63, 3.8) is 0 Å². The monoisotopic (exact) mass is 534 g/mol. The lowest BCUT2D eigenvalue weighted by Crippen LogP contribution is -2.36. The Morgan fingerprint density at radius 3 is 2.00 bits per heavy atom. The maximum absolute atomic E-state index is 14.7. The predicted octanol–water partition coefficient (Wildman–Crippen LogP) is 3.14. The molecule has 17 heteroatoms. The molecule has 0 radical (unpaired) electrons. The number of morpholine rings is 1. The fourth-order valence-corrected chi connectivity index (χ4v) is 4.12. The van der Waals surface area contributed by atoms with Crippen LogP contribution >= 0.6 is 0 Å². The number of benzene rings is 1. The normalized spacial score (nSPS) is 15.1. The van der Waals surface area contributed by atoms with Crippen molar-refractivity contribution in [2.24, 2.45) is 0 Å². The molecule has 1 saturated heterocycles. The third kappa shape index (κ3) is 7.45. The van der Waals surface area contributed by atoms with Gasteiger partial charge in [-0.05, 0) is 18.2 Å². The maximum atomic E-state index is 14.7. The molecule has 0 unspecified atom stereocenters. The highest BCUT2D eigenvalue weighted by molar-refractivity contribution is 7.93. The van der Waals surface area contributed by atoms with Crippen LogP contribution in [-0.2, 0) is 14.8 Å². The quantitative estimate of drug-likeness (QED) is 0.516. The second kappa shape index (κ2) is 10.3. The van der Waals surface area contributed by atoms with E-state index in [0.717, 1.165) is 12.1 Å². The minimum atomic E-state index is -5.10. The van der Waals surface area contributed by atoms with Gasteiger partial charge in [-0.3, -0.25) is 4.72 Å². The van der Waals surface area contributed by atoms with Gasteiger partial charge >= 0.3 is 12.4 Å². The molecule has 1 N–H and O–H groups in total. The molecule has 0 spiro atoms. The Kier molecular flexibility index (Phi) is 7.78. The highest BCUT2D eigenvalue weighted by atomic mass is 32.2. The molecular weight excluding hydrogens is 517 g/mol. The van der Waals surface area contributed by atoms with E-state index < -0.39 is 63.7 Å². The number of nitrogens with one attached hydrogen (secondary N) is 1. The van der Waals surface area contributed by atoms with Crippen molar-refractivity contribution in [1.29, 1.82) is 0 Å². The molecule has 35 heavy (non-hydrogen) atoms. The molecule has 194 valence electrons. The summed E-state index contributed by atoms with van der Waals surface area (Å²) < 4.78 is 132. The molecular formula is C18H17F7N4O5S.